The molecule has 0 heterocycles. The van der Waals surface area contributed by atoms with Crippen molar-refractivity contribution in [2.75, 3.05) is 13.7 Å². The molecule has 0 radical (unpaired) electrons. The molecular formula is C17H13Cl3N2O4. The molecule has 1 N–H and O–H groups in total. The minimum Gasteiger partial charge on any atom is -0.479 e. The molecule has 0 aromatic heterocycles. The van der Waals surface area contributed by atoms with E-state index in [9.17, 15) is 9.59 Å². The van der Waals surface area contributed by atoms with Gasteiger partial charge in [0, 0.05) is 10.6 Å². The third-order valence-corrected chi connectivity index (χ3v) is 3.88. The second-order valence-corrected chi connectivity index (χ2v) is 6.14. The summed E-state index contributed by atoms with van der Waals surface area (Å²) in [6, 6.07) is 9.41. The molecule has 136 valence electrons. The highest BCUT2D eigenvalue weighted by molar-refractivity contribution is 6.37. The number of methoxy groups -OCH3 is 1. The van der Waals surface area contributed by atoms with E-state index >= 15 is 0 Å². The molecular weight excluding hydrogens is 403 g/mol. The van der Waals surface area contributed by atoms with E-state index in [1.807, 2.05) is 0 Å². The van der Waals surface area contributed by atoms with Gasteiger partial charge in [0.2, 0.25) is 0 Å². The number of amides is 1. The minimum atomic E-state index is -0.562. The zero-order valence-corrected chi connectivity index (χ0v) is 15.7. The number of hydrogen-bond donors (Lipinski definition) is 1. The normalized spacial score (nSPS) is 10.6. The van der Waals surface area contributed by atoms with Crippen LogP contribution in [-0.4, -0.2) is 31.8 Å². The smallest absolute Gasteiger partial charge is 0.343 e. The van der Waals surface area contributed by atoms with Crippen LogP contribution in [0.25, 0.3) is 0 Å². The molecule has 9 heteroatoms. The summed E-state index contributed by atoms with van der Waals surface area (Å²) in [5.74, 6) is -0.804. The zero-order chi connectivity index (χ0) is 19.1. The van der Waals surface area contributed by atoms with Crippen molar-refractivity contribution < 1.29 is 19.1 Å². The summed E-state index contributed by atoms with van der Waals surface area (Å²) in [6.07, 6.45) is 1.37. The molecule has 1 amide bonds. The van der Waals surface area contributed by atoms with E-state index in [0.29, 0.717) is 16.1 Å². The fraction of sp³-hybridized carbons (Fsp3) is 0.118. The van der Waals surface area contributed by atoms with E-state index < -0.39 is 11.9 Å². The lowest BCUT2D eigenvalue weighted by atomic mass is 10.2. The maximum atomic E-state index is 11.9. The fourth-order valence-corrected chi connectivity index (χ4v) is 2.55. The van der Waals surface area contributed by atoms with Gasteiger partial charge in [0.15, 0.2) is 12.4 Å². The third kappa shape index (κ3) is 5.62. The molecule has 0 aliphatic carbocycles. The Labute approximate surface area is 164 Å². The third-order valence-electron chi connectivity index (χ3n) is 3.07. The lowest BCUT2D eigenvalue weighted by molar-refractivity contribution is -0.142. The first-order valence-corrected chi connectivity index (χ1v) is 8.31. The molecule has 2 rings (SSSR count). The molecule has 26 heavy (non-hydrogen) atoms. The number of benzene rings is 2. The van der Waals surface area contributed by atoms with Crippen LogP contribution >= 0.6 is 34.8 Å². The van der Waals surface area contributed by atoms with Crippen LogP contribution in [0.3, 0.4) is 0 Å². The van der Waals surface area contributed by atoms with E-state index in [2.05, 4.69) is 15.3 Å². The van der Waals surface area contributed by atoms with Crippen molar-refractivity contribution in [2.45, 2.75) is 0 Å². The largest absolute Gasteiger partial charge is 0.479 e. The van der Waals surface area contributed by atoms with Gasteiger partial charge in [-0.25, -0.2) is 10.2 Å². The Balaban J connectivity index is 2.02. The number of esters is 1. The molecule has 2 aromatic carbocycles. The Hall–Kier alpha value is -2.28. The molecule has 0 saturated heterocycles. The Kier molecular flexibility index (Phi) is 7.26. The predicted molar refractivity (Wildman–Crippen MR) is 100 cm³/mol. The number of nitrogens with zero attached hydrogens (tertiary/aromatic N) is 1. The van der Waals surface area contributed by atoms with Crippen LogP contribution in [0.15, 0.2) is 41.5 Å². The van der Waals surface area contributed by atoms with Crippen LogP contribution in [0.5, 0.6) is 5.75 Å². The maximum absolute atomic E-state index is 11.9. The first-order chi connectivity index (χ1) is 12.4. The SMILES string of the molecule is COC(=O)COc1c(Cl)cc(/C=N\NC(=O)c2ccc(Cl)cc2)cc1Cl. The zero-order valence-electron chi connectivity index (χ0n) is 13.5. The van der Waals surface area contributed by atoms with Gasteiger partial charge in [-0.2, -0.15) is 5.10 Å². The maximum Gasteiger partial charge on any atom is 0.343 e. The van der Waals surface area contributed by atoms with Crippen LogP contribution < -0.4 is 10.2 Å². The number of hydrogen-bond acceptors (Lipinski definition) is 5. The molecule has 0 spiro atoms. The summed E-state index contributed by atoms with van der Waals surface area (Å²) in [7, 11) is 1.24. The molecule has 0 unspecified atom stereocenters. The van der Waals surface area contributed by atoms with E-state index in [-0.39, 0.29) is 22.4 Å². The number of hydrazone groups is 1. The Morgan fingerprint density at radius 2 is 1.73 bits per heavy atom. The molecule has 0 atom stereocenters. The van der Waals surface area contributed by atoms with Crippen LogP contribution in [0.1, 0.15) is 15.9 Å². The first kappa shape index (κ1) is 20.0. The number of carbonyl (C=O) groups excluding carboxylic acids is 2. The molecule has 2 aromatic rings. The predicted octanol–water partition coefficient (Wildman–Crippen LogP) is 3.96. The van der Waals surface area contributed by atoms with E-state index in [1.54, 1.807) is 24.3 Å². The molecule has 0 aliphatic heterocycles. The van der Waals surface area contributed by atoms with Gasteiger partial charge >= 0.3 is 5.97 Å². The second kappa shape index (κ2) is 9.43. The van der Waals surface area contributed by atoms with Crippen molar-refractivity contribution in [3.63, 3.8) is 0 Å². The van der Waals surface area contributed by atoms with Gasteiger partial charge in [0.05, 0.1) is 23.4 Å². The van der Waals surface area contributed by atoms with Gasteiger partial charge in [-0.1, -0.05) is 34.8 Å². The standard InChI is InChI=1S/C17H13Cl3N2O4/c1-25-15(23)9-26-16-13(19)6-10(7-14(16)20)8-21-22-17(24)11-2-4-12(18)5-3-11/h2-8H,9H2,1H3,(H,22,24)/b21-8-. The molecule has 6 nitrogen and oxygen atoms in total. The summed E-state index contributed by atoms with van der Waals surface area (Å²) in [4.78, 5) is 23.0. The van der Waals surface area contributed by atoms with Gasteiger partial charge in [-0.15, -0.1) is 0 Å². The van der Waals surface area contributed by atoms with Crippen molar-refractivity contribution in [2.24, 2.45) is 5.10 Å². The second-order valence-electron chi connectivity index (χ2n) is 4.88. The molecule has 0 bridgehead atoms. The first-order valence-electron chi connectivity index (χ1n) is 7.18. The van der Waals surface area contributed by atoms with Gasteiger partial charge in [0.25, 0.3) is 5.91 Å². The topological polar surface area (TPSA) is 77.0 Å². The number of ether oxygens (including phenoxy) is 2. The lowest BCUT2D eigenvalue weighted by Crippen LogP contribution is -2.17. The van der Waals surface area contributed by atoms with E-state index in [4.69, 9.17) is 39.5 Å². The number of carbonyl (C=O) groups is 2. The highest BCUT2D eigenvalue weighted by atomic mass is 35.5. The summed E-state index contributed by atoms with van der Waals surface area (Å²) in [5, 5.41) is 4.76. The van der Waals surface area contributed by atoms with Crippen LogP contribution in [0.4, 0.5) is 0 Å². The Bertz CT molecular complexity index is 815. The van der Waals surface area contributed by atoms with Crippen molar-refractivity contribution >= 4 is 52.9 Å². The number of rotatable bonds is 6. The van der Waals surface area contributed by atoms with Gasteiger partial charge in [0.1, 0.15) is 0 Å². The van der Waals surface area contributed by atoms with Gasteiger partial charge < -0.3 is 9.47 Å². The molecule has 0 saturated carbocycles. The molecule has 0 aliphatic rings. The van der Waals surface area contributed by atoms with E-state index in [1.165, 1.54) is 25.5 Å². The van der Waals surface area contributed by atoms with E-state index in [0.717, 1.165) is 0 Å². The molecule has 0 fully saturated rings. The van der Waals surface area contributed by atoms with Crippen LogP contribution in [0, 0.1) is 0 Å². The van der Waals surface area contributed by atoms with Gasteiger partial charge in [-0.3, -0.25) is 4.79 Å². The fourth-order valence-electron chi connectivity index (χ4n) is 1.81. The Morgan fingerprint density at radius 1 is 1.12 bits per heavy atom. The van der Waals surface area contributed by atoms with Gasteiger partial charge in [-0.05, 0) is 42.0 Å². The van der Waals surface area contributed by atoms with Crippen molar-refractivity contribution in [3.05, 3.63) is 62.6 Å². The highest BCUT2D eigenvalue weighted by Gasteiger charge is 2.11. The quantitative estimate of drug-likeness (QED) is 0.440. The van der Waals surface area contributed by atoms with Crippen molar-refractivity contribution in [1.29, 1.82) is 0 Å². The highest BCUT2D eigenvalue weighted by Crippen LogP contribution is 2.33. The summed E-state index contributed by atoms with van der Waals surface area (Å²) < 4.78 is 9.70. The minimum absolute atomic E-state index is 0.154. The lowest BCUT2D eigenvalue weighted by Gasteiger charge is -2.09. The average molecular weight is 416 g/mol. The number of halogens is 3. The average Bonchev–Trinajstić information content (AvgIpc) is 2.61. The summed E-state index contributed by atoms with van der Waals surface area (Å²) in [6.45, 7) is -0.319. The van der Waals surface area contributed by atoms with Crippen molar-refractivity contribution in [1.82, 2.24) is 5.43 Å². The Morgan fingerprint density at radius 3 is 2.31 bits per heavy atom. The van der Waals surface area contributed by atoms with Crippen LogP contribution in [-0.2, 0) is 9.53 Å². The van der Waals surface area contributed by atoms with Crippen molar-refractivity contribution in [3.8, 4) is 5.75 Å². The van der Waals surface area contributed by atoms with Crippen LogP contribution in [0.2, 0.25) is 15.1 Å². The number of nitrogens with one attached hydrogen (secondary N) is 1. The summed E-state index contributed by atoms with van der Waals surface area (Å²) in [5.41, 5.74) is 3.32. The summed E-state index contributed by atoms with van der Waals surface area (Å²) >= 11 is 17.9. The monoisotopic (exact) mass is 414 g/mol.